The van der Waals surface area contributed by atoms with Gasteiger partial charge in [0.2, 0.25) is 0 Å². The summed E-state index contributed by atoms with van der Waals surface area (Å²) in [5.41, 5.74) is 1.75. The summed E-state index contributed by atoms with van der Waals surface area (Å²) in [6, 6.07) is 7.43. The highest BCUT2D eigenvalue weighted by Gasteiger charge is 2.15. The second-order valence-electron chi connectivity index (χ2n) is 2.73. The molecule has 2 rings (SSSR count). The van der Waals surface area contributed by atoms with Gasteiger partial charge in [-0.2, -0.15) is 0 Å². The maximum atomic E-state index is 11.0. The van der Waals surface area contributed by atoms with Gasteiger partial charge in [-0.15, -0.1) is 0 Å². The van der Waals surface area contributed by atoms with Crippen LogP contribution < -0.4 is 5.06 Å². The molecule has 0 amide bonds. The highest BCUT2D eigenvalue weighted by molar-refractivity contribution is 5.33. The van der Waals surface area contributed by atoms with Crippen molar-refractivity contribution in [2.75, 3.05) is 0 Å². The summed E-state index contributed by atoms with van der Waals surface area (Å²) >= 11 is 0. The molecule has 0 aliphatic carbocycles. The van der Waals surface area contributed by atoms with Crippen molar-refractivity contribution in [3.63, 3.8) is 0 Å². The fraction of sp³-hybridized carbons (Fsp3) is 0.111. The van der Waals surface area contributed by atoms with Crippen molar-refractivity contribution in [2.24, 2.45) is 0 Å². The Morgan fingerprint density at radius 1 is 1.42 bits per heavy atom. The zero-order chi connectivity index (χ0) is 8.55. The molecular weight excluding hydrogens is 154 g/mol. The van der Waals surface area contributed by atoms with Gasteiger partial charge in [-0.3, -0.25) is 0 Å². The summed E-state index contributed by atoms with van der Waals surface area (Å²) in [6.45, 7) is 0.287. The van der Waals surface area contributed by atoms with E-state index in [1.54, 1.807) is 0 Å². The fourth-order valence-electron chi connectivity index (χ4n) is 1.25. The minimum Gasteiger partial charge on any atom is -0.626 e. The lowest BCUT2D eigenvalue weighted by atomic mass is 10.1. The van der Waals surface area contributed by atoms with Crippen LogP contribution in [0.15, 0.2) is 30.1 Å². The normalized spacial score (nSPS) is 21.4. The Kier molecular flexibility index (Phi) is 1.60. The first-order chi connectivity index (χ1) is 5.77. The Bertz CT molecular complexity index is 333. The number of aliphatic hydroxyl groups excluding tert-OH is 1. The monoisotopic (exact) mass is 162 g/mol. The van der Waals surface area contributed by atoms with Crippen LogP contribution in [0.3, 0.4) is 0 Å². The van der Waals surface area contributed by atoms with Gasteiger partial charge in [0.05, 0.1) is 0 Å². The largest absolute Gasteiger partial charge is 0.626 e. The number of hydroxylamine groups is 2. The van der Waals surface area contributed by atoms with Crippen LogP contribution in [0, 0.1) is 11.3 Å². The van der Waals surface area contributed by atoms with Crippen molar-refractivity contribution in [3.8, 4) is 0 Å². The van der Waals surface area contributed by atoms with Gasteiger partial charge in [0.1, 0.15) is 12.6 Å². The standard InChI is InChI=1S/C9H8NO2/c11-9-5-7-3-1-2-4-8(7)6-10(9)12/h1-4,10-11H,6H2. The average molecular weight is 162 g/mol. The van der Waals surface area contributed by atoms with E-state index in [9.17, 15) is 5.21 Å². The first kappa shape index (κ1) is 7.34. The molecule has 0 saturated carbocycles. The molecule has 1 unspecified atom stereocenters. The first-order valence-corrected chi connectivity index (χ1v) is 3.71. The Labute approximate surface area is 70.1 Å². The highest BCUT2D eigenvalue weighted by atomic mass is 16.5. The minimum absolute atomic E-state index is 0.256. The van der Waals surface area contributed by atoms with Gasteiger partial charge >= 0.3 is 0 Å². The summed E-state index contributed by atoms with van der Waals surface area (Å²) in [4.78, 5) is 0. The van der Waals surface area contributed by atoms with E-state index in [-0.39, 0.29) is 17.5 Å². The van der Waals surface area contributed by atoms with Gasteiger partial charge in [0, 0.05) is 11.1 Å². The summed E-state index contributed by atoms with van der Waals surface area (Å²) in [7, 11) is 0. The SMILES string of the molecule is [O-][NH+]1Cc2ccccc2[C]=C1O. The molecule has 1 radical (unpaired) electrons. The van der Waals surface area contributed by atoms with E-state index in [0.29, 0.717) is 0 Å². The van der Waals surface area contributed by atoms with Crippen LogP contribution in [0.5, 0.6) is 0 Å². The quantitative estimate of drug-likeness (QED) is 0.533. The van der Waals surface area contributed by atoms with Crippen molar-refractivity contribution < 1.29 is 10.2 Å². The summed E-state index contributed by atoms with van der Waals surface area (Å²) in [5.74, 6) is -0.256. The van der Waals surface area contributed by atoms with E-state index in [4.69, 9.17) is 5.11 Å². The third kappa shape index (κ3) is 1.09. The van der Waals surface area contributed by atoms with Crippen LogP contribution in [0.2, 0.25) is 0 Å². The lowest BCUT2D eigenvalue weighted by Gasteiger charge is -2.24. The summed E-state index contributed by atoms with van der Waals surface area (Å²) < 4.78 is 0. The van der Waals surface area contributed by atoms with Gasteiger partial charge in [0.15, 0.2) is 0 Å². The Hall–Kier alpha value is -1.32. The van der Waals surface area contributed by atoms with Crippen molar-refractivity contribution in [3.05, 3.63) is 52.6 Å². The van der Waals surface area contributed by atoms with Crippen LogP contribution >= 0.6 is 0 Å². The fourth-order valence-corrected chi connectivity index (χ4v) is 1.25. The van der Waals surface area contributed by atoms with E-state index >= 15 is 0 Å². The minimum atomic E-state index is -0.256. The van der Waals surface area contributed by atoms with E-state index in [0.717, 1.165) is 11.1 Å². The predicted octanol–water partition coefficient (Wildman–Crippen LogP) is 0.134. The highest BCUT2D eigenvalue weighted by Crippen LogP contribution is 2.10. The Balaban J connectivity index is 2.49. The molecule has 2 N–H and O–H groups in total. The number of quaternary nitrogens is 1. The molecule has 0 spiro atoms. The molecule has 0 bridgehead atoms. The maximum Gasteiger partial charge on any atom is 0.296 e. The second kappa shape index (κ2) is 2.62. The van der Waals surface area contributed by atoms with E-state index in [1.165, 1.54) is 0 Å². The number of aliphatic hydroxyl groups is 1. The summed E-state index contributed by atoms with van der Waals surface area (Å²) in [6.07, 6.45) is 2.63. The molecule has 12 heavy (non-hydrogen) atoms. The summed E-state index contributed by atoms with van der Waals surface area (Å²) in [5, 5.41) is 19.8. The zero-order valence-electron chi connectivity index (χ0n) is 6.37. The number of nitrogens with one attached hydrogen (secondary N) is 1. The van der Waals surface area contributed by atoms with Gasteiger partial charge in [-0.1, -0.05) is 24.3 Å². The van der Waals surface area contributed by atoms with Gasteiger partial charge in [0.25, 0.3) is 5.88 Å². The van der Waals surface area contributed by atoms with E-state index in [1.807, 2.05) is 24.3 Å². The molecule has 1 aromatic rings. The van der Waals surface area contributed by atoms with Gasteiger partial charge < -0.3 is 15.4 Å². The van der Waals surface area contributed by atoms with Crippen LogP contribution in [-0.4, -0.2) is 5.11 Å². The molecule has 1 heterocycles. The van der Waals surface area contributed by atoms with Gasteiger partial charge in [-0.05, 0) is 0 Å². The maximum absolute atomic E-state index is 11.0. The number of hydrogen-bond acceptors (Lipinski definition) is 2. The number of rotatable bonds is 0. The van der Waals surface area contributed by atoms with Crippen LogP contribution in [0.4, 0.5) is 0 Å². The zero-order valence-corrected chi connectivity index (χ0v) is 6.37. The van der Waals surface area contributed by atoms with Crippen molar-refractivity contribution in [1.29, 1.82) is 0 Å². The molecule has 1 aromatic carbocycles. The molecule has 0 aromatic heterocycles. The van der Waals surface area contributed by atoms with Crippen LogP contribution in [-0.2, 0) is 6.54 Å². The molecule has 1 aliphatic rings. The Morgan fingerprint density at radius 2 is 2.17 bits per heavy atom. The lowest BCUT2D eigenvalue weighted by molar-refractivity contribution is -0.840. The van der Waals surface area contributed by atoms with Crippen LogP contribution in [0.1, 0.15) is 11.1 Å². The van der Waals surface area contributed by atoms with Crippen LogP contribution in [0.25, 0.3) is 0 Å². The average Bonchev–Trinajstić information content (AvgIpc) is 2.07. The lowest BCUT2D eigenvalue weighted by Crippen LogP contribution is -3.04. The molecule has 0 fully saturated rings. The third-order valence-corrected chi connectivity index (χ3v) is 1.89. The molecule has 61 valence electrons. The molecule has 1 atom stereocenters. The Morgan fingerprint density at radius 3 is 3.00 bits per heavy atom. The topological polar surface area (TPSA) is 47.7 Å². The van der Waals surface area contributed by atoms with Gasteiger partial charge in [-0.25, -0.2) is 0 Å². The molecular formula is C9H8NO2. The first-order valence-electron chi connectivity index (χ1n) is 3.71. The van der Waals surface area contributed by atoms with Crippen molar-refractivity contribution in [2.45, 2.75) is 6.54 Å². The van der Waals surface area contributed by atoms with Crippen molar-refractivity contribution in [1.82, 2.24) is 0 Å². The number of hydrogen-bond donors (Lipinski definition) is 2. The van der Waals surface area contributed by atoms with E-state index in [2.05, 4.69) is 6.08 Å². The smallest absolute Gasteiger partial charge is 0.296 e. The van der Waals surface area contributed by atoms with Crippen molar-refractivity contribution >= 4 is 0 Å². The molecule has 0 saturated heterocycles. The van der Waals surface area contributed by atoms with E-state index < -0.39 is 0 Å². The third-order valence-electron chi connectivity index (χ3n) is 1.89. The molecule has 3 heteroatoms. The number of benzene rings is 1. The molecule has 1 aliphatic heterocycles. The second-order valence-corrected chi connectivity index (χ2v) is 2.73. The predicted molar refractivity (Wildman–Crippen MR) is 43.0 cm³/mol. The molecule has 3 nitrogen and oxygen atoms in total. The number of fused-ring (bicyclic) bond motifs is 1.